The first-order valence-electron chi connectivity index (χ1n) is 6.24. The van der Waals surface area contributed by atoms with Gasteiger partial charge in [0.05, 0.1) is 25.1 Å². The molecular weight excluding hydrogens is 264 g/mol. The minimum absolute atomic E-state index is 0. The highest BCUT2D eigenvalue weighted by Crippen LogP contribution is 2.25. The van der Waals surface area contributed by atoms with E-state index in [0.717, 1.165) is 30.4 Å². The summed E-state index contributed by atoms with van der Waals surface area (Å²) in [5, 5.41) is 0. The molecule has 1 aromatic carbocycles. The summed E-state index contributed by atoms with van der Waals surface area (Å²) < 4.78 is 13.1. The van der Waals surface area contributed by atoms with Crippen LogP contribution in [0.5, 0.6) is 5.75 Å². The van der Waals surface area contributed by atoms with Crippen LogP contribution in [0.25, 0.3) is 11.3 Å². The van der Waals surface area contributed by atoms with Crippen molar-refractivity contribution >= 4 is 12.4 Å². The zero-order valence-electron chi connectivity index (χ0n) is 10.8. The van der Waals surface area contributed by atoms with E-state index in [2.05, 4.69) is 21.7 Å². The van der Waals surface area contributed by atoms with Gasteiger partial charge in [-0.1, -0.05) is 0 Å². The Kier molecular flexibility index (Phi) is 4.45. The van der Waals surface area contributed by atoms with Gasteiger partial charge in [0, 0.05) is 12.1 Å². The maximum absolute atomic E-state index is 5.45. The molecule has 1 aliphatic rings. The number of imidazole rings is 1. The Morgan fingerprint density at radius 2 is 2.11 bits per heavy atom. The first kappa shape index (κ1) is 13.9. The monoisotopic (exact) mass is 280 g/mol. The average molecular weight is 281 g/mol. The summed E-state index contributed by atoms with van der Waals surface area (Å²) in [5.74, 6) is 1.91. The number of benzene rings is 1. The van der Waals surface area contributed by atoms with Crippen molar-refractivity contribution < 1.29 is 9.47 Å². The van der Waals surface area contributed by atoms with Crippen LogP contribution < -0.4 is 4.74 Å². The minimum Gasteiger partial charge on any atom is -0.494 e. The maximum Gasteiger partial charge on any atom is 0.135 e. The molecule has 0 saturated carbocycles. The van der Waals surface area contributed by atoms with Crippen molar-refractivity contribution in [2.75, 3.05) is 13.2 Å². The van der Waals surface area contributed by atoms with Gasteiger partial charge in [0.25, 0.3) is 0 Å². The summed E-state index contributed by atoms with van der Waals surface area (Å²) >= 11 is 0. The lowest BCUT2D eigenvalue weighted by atomic mass is 10.1. The molecule has 3 rings (SSSR count). The normalized spacial score (nSPS) is 13.5. The van der Waals surface area contributed by atoms with Gasteiger partial charge < -0.3 is 14.0 Å². The van der Waals surface area contributed by atoms with Gasteiger partial charge in [0.15, 0.2) is 0 Å². The van der Waals surface area contributed by atoms with Crippen molar-refractivity contribution in [2.45, 2.75) is 20.1 Å². The maximum atomic E-state index is 5.45. The number of fused-ring (bicyclic) bond motifs is 1. The lowest BCUT2D eigenvalue weighted by Crippen LogP contribution is -2.17. The number of aromatic nitrogens is 2. The second-order valence-corrected chi connectivity index (χ2v) is 4.22. The van der Waals surface area contributed by atoms with Gasteiger partial charge in [0.1, 0.15) is 18.2 Å². The fourth-order valence-corrected chi connectivity index (χ4v) is 2.22. The average Bonchev–Trinajstić information content (AvgIpc) is 2.84. The van der Waals surface area contributed by atoms with E-state index in [1.165, 1.54) is 5.56 Å². The molecule has 0 unspecified atom stereocenters. The topological polar surface area (TPSA) is 36.3 Å². The van der Waals surface area contributed by atoms with Crippen LogP contribution in [0.1, 0.15) is 12.7 Å². The van der Waals surface area contributed by atoms with Crippen molar-refractivity contribution in [3.8, 4) is 17.0 Å². The first-order chi connectivity index (χ1) is 8.88. The molecule has 2 heterocycles. The summed E-state index contributed by atoms with van der Waals surface area (Å²) in [6.45, 7) is 4.92. The predicted octanol–water partition coefficient (Wildman–Crippen LogP) is 2.90. The SMILES string of the molecule is CCOc1ccc(-c2cnc3n2CCOC3)cc1.Cl. The Bertz CT molecular complexity index is 537. The van der Waals surface area contributed by atoms with Crippen LogP contribution in [0.15, 0.2) is 30.5 Å². The van der Waals surface area contributed by atoms with Crippen molar-refractivity contribution in [2.24, 2.45) is 0 Å². The molecule has 0 saturated heterocycles. The van der Waals surface area contributed by atoms with Crippen LogP contribution in [0.3, 0.4) is 0 Å². The Morgan fingerprint density at radius 1 is 1.32 bits per heavy atom. The molecule has 0 aliphatic carbocycles. The molecule has 0 N–H and O–H groups in total. The smallest absolute Gasteiger partial charge is 0.135 e. The van der Waals surface area contributed by atoms with E-state index in [1.54, 1.807) is 0 Å². The molecule has 1 aromatic heterocycles. The number of hydrogen-bond acceptors (Lipinski definition) is 3. The summed E-state index contributed by atoms with van der Waals surface area (Å²) in [5.41, 5.74) is 2.32. The minimum atomic E-state index is 0. The fourth-order valence-electron chi connectivity index (χ4n) is 2.22. The van der Waals surface area contributed by atoms with Gasteiger partial charge in [0.2, 0.25) is 0 Å². The summed E-state index contributed by atoms with van der Waals surface area (Å²) in [6, 6.07) is 8.14. The van der Waals surface area contributed by atoms with E-state index < -0.39 is 0 Å². The quantitative estimate of drug-likeness (QED) is 0.867. The van der Waals surface area contributed by atoms with Crippen LogP contribution in [-0.4, -0.2) is 22.8 Å². The zero-order chi connectivity index (χ0) is 12.4. The second-order valence-electron chi connectivity index (χ2n) is 4.22. The molecular formula is C14H17ClN2O2. The Balaban J connectivity index is 0.00000133. The highest BCUT2D eigenvalue weighted by molar-refractivity contribution is 5.85. The third kappa shape index (κ3) is 2.74. The number of rotatable bonds is 3. The predicted molar refractivity (Wildman–Crippen MR) is 75.7 cm³/mol. The van der Waals surface area contributed by atoms with Gasteiger partial charge in [-0.25, -0.2) is 4.98 Å². The Morgan fingerprint density at radius 3 is 2.84 bits per heavy atom. The fraction of sp³-hybridized carbons (Fsp3) is 0.357. The third-order valence-electron chi connectivity index (χ3n) is 3.09. The van der Waals surface area contributed by atoms with E-state index in [-0.39, 0.29) is 12.4 Å². The number of hydrogen-bond donors (Lipinski definition) is 0. The molecule has 0 spiro atoms. The molecule has 0 radical (unpaired) electrons. The van der Waals surface area contributed by atoms with E-state index in [1.807, 2.05) is 25.3 Å². The lowest BCUT2D eigenvalue weighted by molar-refractivity contribution is 0.0821. The Labute approximate surface area is 118 Å². The van der Waals surface area contributed by atoms with Gasteiger partial charge in [-0.3, -0.25) is 0 Å². The molecule has 0 fully saturated rings. The second kappa shape index (κ2) is 6.08. The standard InChI is InChI=1S/C14H16N2O2.ClH/c1-2-18-12-5-3-11(4-6-12)13-9-15-14-10-17-8-7-16(13)14;/h3-6,9H,2,7-8,10H2,1H3;1H. The molecule has 4 nitrogen and oxygen atoms in total. The largest absolute Gasteiger partial charge is 0.494 e. The summed E-state index contributed by atoms with van der Waals surface area (Å²) in [4.78, 5) is 4.40. The highest BCUT2D eigenvalue weighted by atomic mass is 35.5. The van der Waals surface area contributed by atoms with Gasteiger partial charge in [-0.2, -0.15) is 0 Å². The summed E-state index contributed by atoms with van der Waals surface area (Å²) in [7, 11) is 0. The van der Waals surface area contributed by atoms with Crippen LogP contribution >= 0.6 is 12.4 Å². The molecule has 2 aromatic rings. The molecule has 0 amide bonds. The van der Waals surface area contributed by atoms with Crippen LogP contribution in [0.4, 0.5) is 0 Å². The van der Waals surface area contributed by atoms with Crippen LogP contribution in [0, 0.1) is 0 Å². The van der Waals surface area contributed by atoms with E-state index in [0.29, 0.717) is 13.2 Å². The number of halogens is 1. The van der Waals surface area contributed by atoms with Crippen molar-refractivity contribution in [1.82, 2.24) is 9.55 Å². The van der Waals surface area contributed by atoms with Gasteiger partial charge in [-0.15, -0.1) is 12.4 Å². The van der Waals surface area contributed by atoms with E-state index in [9.17, 15) is 0 Å². The molecule has 1 aliphatic heterocycles. The zero-order valence-corrected chi connectivity index (χ0v) is 11.7. The summed E-state index contributed by atoms with van der Waals surface area (Å²) in [6.07, 6.45) is 1.92. The van der Waals surface area contributed by atoms with Crippen molar-refractivity contribution in [3.63, 3.8) is 0 Å². The molecule has 102 valence electrons. The highest BCUT2D eigenvalue weighted by Gasteiger charge is 2.15. The Hall–Kier alpha value is -1.52. The van der Waals surface area contributed by atoms with Gasteiger partial charge in [-0.05, 0) is 31.2 Å². The molecule has 5 heteroatoms. The molecule has 0 atom stereocenters. The van der Waals surface area contributed by atoms with E-state index >= 15 is 0 Å². The van der Waals surface area contributed by atoms with Crippen LogP contribution in [-0.2, 0) is 17.9 Å². The van der Waals surface area contributed by atoms with Gasteiger partial charge >= 0.3 is 0 Å². The van der Waals surface area contributed by atoms with Crippen molar-refractivity contribution in [3.05, 3.63) is 36.3 Å². The number of nitrogens with zero attached hydrogens (tertiary/aromatic N) is 2. The van der Waals surface area contributed by atoms with Crippen LogP contribution in [0.2, 0.25) is 0 Å². The van der Waals surface area contributed by atoms with Crippen molar-refractivity contribution in [1.29, 1.82) is 0 Å². The van der Waals surface area contributed by atoms with E-state index in [4.69, 9.17) is 9.47 Å². The molecule has 19 heavy (non-hydrogen) atoms. The number of ether oxygens (including phenoxy) is 2. The third-order valence-corrected chi connectivity index (χ3v) is 3.09. The molecule has 0 bridgehead atoms. The first-order valence-corrected chi connectivity index (χ1v) is 6.24. The lowest BCUT2D eigenvalue weighted by Gasteiger charge is -2.17.